The highest BCUT2D eigenvalue weighted by molar-refractivity contribution is 5.97. The van der Waals surface area contributed by atoms with Crippen LogP contribution in [0.1, 0.15) is 41.4 Å². The Bertz CT molecular complexity index is 1120. The van der Waals surface area contributed by atoms with E-state index in [4.69, 9.17) is 0 Å². The minimum absolute atomic E-state index is 0.0174. The lowest BCUT2D eigenvalue weighted by molar-refractivity contribution is -0.140. The molecule has 2 aliphatic rings. The third-order valence-electron chi connectivity index (χ3n) is 6.31. The second-order valence-corrected chi connectivity index (χ2v) is 8.83. The van der Waals surface area contributed by atoms with Gasteiger partial charge in [-0.1, -0.05) is 44.2 Å². The number of piperazine rings is 1. The summed E-state index contributed by atoms with van der Waals surface area (Å²) in [6.45, 7) is 5.69. The smallest absolute Gasteiger partial charge is 0.254 e. The molecule has 30 heavy (non-hydrogen) atoms. The number of hydrogen-bond acceptors (Lipinski definition) is 2. The van der Waals surface area contributed by atoms with Gasteiger partial charge >= 0.3 is 0 Å². The Morgan fingerprint density at radius 3 is 2.57 bits per heavy atom. The third kappa shape index (κ3) is 3.02. The van der Waals surface area contributed by atoms with Gasteiger partial charge in [-0.2, -0.15) is 0 Å². The summed E-state index contributed by atoms with van der Waals surface area (Å²) in [6.07, 6.45) is 3.90. The van der Waals surface area contributed by atoms with Crippen LogP contribution in [0.15, 0.2) is 73.1 Å². The van der Waals surface area contributed by atoms with E-state index in [1.165, 1.54) is 5.56 Å². The Kier molecular flexibility index (Phi) is 4.28. The van der Waals surface area contributed by atoms with Crippen LogP contribution in [-0.2, 0) is 10.2 Å². The van der Waals surface area contributed by atoms with Crippen LogP contribution >= 0.6 is 0 Å². The molecule has 0 N–H and O–H groups in total. The second-order valence-electron chi connectivity index (χ2n) is 8.83. The molecule has 5 heteroatoms. The highest BCUT2D eigenvalue weighted by atomic mass is 16.2. The molecule has 1 atom stereocenters. The zero-order valence-electron chi connectivity index (χ0n) is 17.3. The van der Waals surface area contributed by atoms with Gasteiger partial charge in [-0.15, -0.1) is 0 Å². The first kappa shape index (κ1) is 18.7. The van der Waals surface area contributed by atoms with Crippen LogP contribution in [0, 0.1) is 0 Å². The molecule has 3 heterocycles. The molecule has 1 saturated heterocycles. The van der Waals surface area contributed by atoms with E-state index in [9.17, 15) is 9.59 Å². The summed E-state index contributed by atoms with van der Waals surface area (Å²) in [7, 11) is 0. The Labute approximate surface area is 176 Å². The van der Waals surface area contributed by atoms with Gasteiger partial charge in [0.15, 0.2) is 0 Å². The van der Waals surface area contributed by atoms with Crippen molar-refractivity contribution in [1.29, 1.82) is 0 Å². The maximum atomic E-state index is 13.3. The molecule has 0 aliphatic carbocycles. The monoisotopic (exact) mass is 399 g/mol. The molecule has 3 aromatic rings. The van der Waals surface area contributed by atoms with Gasteiger partial charge in [0, 0.05) is 42.1 Å². The Hall–Kier alpha value is -3.34. The van der Waals surface area contributed by atoms with Crippen LogP contribution in [0.2, 0.25) is 0 Å². The van der Waals surface area contributed by atoms with Crippen LogP contribution in [-0.4, -0.2) is 45.8 Å². The van der Waals surface area contributed by atoms with Crippen molar-refractivity contribution >= 4 is 11.8 Å². The van der Waals surface area contributed by atoms with Crippen LogP contribution in [0.25, 0.3) is 5.69 Å². The summed E-state index contributed by atoms with van der Waals surface area (Å²) in [5, 5.41) is 0. The van der Waals surface area contributed by atoms with Crippen molar-refractivity contribution in [2.45, 2.75) is 25.3 Å². The summed E-state index contributed by atoms with van der Waals surface area (Å²) >= 11 is 0. The number of nitrogens with zero attached hydrogens (tertiary/aromatic N) is 3. The molecule has 0 spiro atoms. The predicted molar refractivity (Wildman–Crippen MR) is 116 cm³/mol. The number of carbonyl (C=O) groups excluding carboxylic acids is 2. The maximum absolute atomic E-state index is 13.3. The Morgan fingerprint density at radius 1 is 1.00 bits per heavy atom. The van der Waals surface area contributed by atoms with Gasteiger partial charge in [0.1, 0.15) is 6.54 Å². The van der Waals surface area contributed by atoms with E-state index in [-0.39, 0.29) is 29.8 Å². The number of hydrogen-bond donors (Lipinski definition) is 0. The molecule has 2 amide bonds. The topological polar surface area (TPSA) is 45.6 Å². The predicted octanol–water partition coefficient (Wildman–Crippen LogP) is 3.79. The summed E-state index contributed by atoms with van der Waals surface area (Å²) in [5.41, 5.74) is 3.86. The molecule has 5 nitrogen and oxygen atoms in total. The van der Waals surface area contributed by atoms with Crippen LogP contribution < -0.4 is 0 Å². The zero-order valence-corrected chi connectivity index (χ0v) is 17.3. The summed E-state index contributed by atoms with van der Waals surface area (Å²) in [5.74, 6) is -0.0805. The van der Waals surface area contributed by atoms with Crippen LogP contribution in [0.4, 0.5) is 0 Å². The van der Waals surface area contributed by atoms with Gasteiger partial charge in [0.2, 0.25) is 5.91 Å². The minimum Gasteiger partial charge on any atom is -0.331 e. The van der Waals surface area contributed by atoms with E-state index in [0.717, 1.165) is 11.3 Å². The molecule has 152 valence electrons. The molecule has 1 aromatic heterocycles. The van der Waals surface area contributed by atoms with Gasteiger partial charge in [-0.3, -0.25) is 9.59 Å². The van der Waals surface area contributed by atoms with Gasteiger partial charge < -0.3 is 14.4 Å². The highest BCUT2D eigenvalue weighted by Gasteiger charge is 2.44. The van der Waals surface area contributed by atoms with Crippen molar-refractivity contribution in [3.05, 3.63) is 89.7 Å². The quantitative estimate of drug-likeness (QED) is 0.658. The summed E-state index contributed by atoms with van der Waals surface area (Å²) in [4.78, 5) is 30.0. The van der Waals surface area contributed by atoms with Gasteiger partial charge in [-0.05, 0) is 41.5 Å². The Morgan fingerprint density at radius 2 is 1.77 bits per heavy atom. The largest absolute Gasteiger partial charge is 0.331 e. The molecular weight excluding hydrogens is 374 g/mol. The molecule has 0 bridgehead atoms. The fraction of sp³-hybridized carbons (Fsp3) is 0.280. The number of benzene rings is 2. The standard InChI is InChI=1S/C25H25N3O2/c1-25(2)17-28-22(20-10-3-4-11-21(20)25)15-27(16-23(28)29)24(30)18-8-7-9-19(14-18)26-12-5-6-13-26/h3-14,22H,15-17H2,1-2H3. The number of carbonyl (C=O) groups is 2. The van der Waals surface area contributed by atoms with Gasteiger partial charge in [0.25, 0.3) is 5.91 Å². The lowest BCUT2D eigenvalue weighted by Crippen LogP contribution is -2.58. The second kappa shape index (κ2) is 6.87. The minimum atomic E-state index is -0.0979. The molecule has 2 aromatic carbocycles. The van der Waals surface area contributed by atoms with E-state index >= 15 is 0 Å². The van der Waals surface area contributed by atoms with E-state index in [1.54, 1.807) is 4.90 Å². The molecule has 1 unspecified atom stereocenters. The van der Waals surface area contributed by atoms with Crippen molar-refractivity contribution in [1.82, 2.24) is 14.4 Å². The van der Waals surface area contributed by atoms with E-state index < -0.39 is 0 Å². The molecule has 0 saturated carbocycles. The van der Waals surface area contributed by atoms with E-state index in [0.29, 0.717) is 18.7 Å². The number of amides is 2. The highest BCUT2D eigenvalue weighted by Crippen LogP contribution is 2.41. The number of fused-ring (bicyclic) bond motifs is 3. The number of aromatic nitrogens is 1. The maximum Gasteiger partial charge on any atom is 0.254 e. The molecule has 1 fully saturated rings. The average Bonchev–Trinajstić information content (AvgIpc) is 3.29. The lowest BCUT2D eigenvalue weighted by Gasteiger charge is -2.49. The van der Waals surface area contributed by atoms with Crippen molar-refractivity contribution in [3.63, 3.8) is 0 Å². The van der Waals surface area contributed by atoms with Crippen molar-refractivity contribution in [3.8, 4) is 5.69 Å². The summed E-state index contributed by atoms with van der Waals surface area (Å²) in [6, 6.07) is 19.7. The van der Waals surface area contributed by atoms with Crippen molar-refractivity contribution in [2.24, 2.45) is 0 Å². The fourth-order valence-electron chi connectivity index (χ4n) is 4.82. The lowest BCUT2D eigenvalue weighted by atomic mass is 9.75. The SMILES string of the molecule is CC1(C)CN2C(=O)CN(C(=O)c3cccc(-n4cccc4)c3)CC2c2ccccc21. The average molecular weight is 399 g/mol. The zero-order chi connectivity index (χ0) is 20.9. The van der Waals surface area contributed by atoms with Gasteiger partial charge in [-0.25, -0.2) is 0 Å². The molecule has 2 aliphatic heterocycles. The van der Waals surface area contributed by atoms with E-state index in [1.807, 2.05) is 64.3 Å². The van der Waals surface area contributed by atoms with Crippen LogP contribution in [0.3, 0.4) is 0 Å². The van der Waals surface area contributed by atoms with Crippen molar-refractivity contribution in [2.75, 3.05) is 19.6 Å². The fourth-order valence-corrected chi connectivity index (χ4v) is 4.82. The first-order valence-electron chi connectivity index (χ1n) is 10.4. The number of rotatable bonds is 2. The molecule has 0 radical (unpaired) electrons. The molecular formula is C25H25N3O2. The Balaban J connectivity index is 1.46. The molecule has 5 rings (SSSR count). The first-order chi connectivity index (χ1) is 14.4. The first-order valence-corrected chi connectivity index (χ1v) is 10.4. The van der Waals surface area contributed by atoms with Gasteiger partial charge in [0.05, 0.1) is 6.04 Å². The third-order valence-corrected chi connectivity index (χ3v) is 6.31. The van der Waals surface area contributed by atoms with E-state index in [2.05, 4.69) is 32.0 Å². The van der Waals surface area contributed by atoms with Crippen molar-refractivity contribution < 1.29 is 9.59 Å². The summed E-state index contributed by atoms with van der Waals surface area (Å²) < 4.78 is 1.97. The van der Waals surface area contributed by atoms with Crippen LogP contribution in [0.5, 0.6) is 0 Å². The normalized spacial score (nSPS) is 19.9.